The zero-order valence-corrected chi connectivity index (χ0v) is 39.5. The van der Waals surface area contributed by atoms with Crippen molar-refractivity contribution in [1.29, 1.82) is 0 Å². The van der Waals surface area contributed by atoms with Gasteiger partial charge in [0.25, 0.3) is 0 Å². The molecule has 0 fully saturated rings. The van der Waals surface area contributed by atoms with Gasteiger partial charge in [0.2, 0.25) is 0 Å². The van der Waals surface area contributed by atoms with Gasteiger partial charge in [0.1, 0.15) is 0 Å². The number of unbranched alkanes of at least 4 members (excludes halogenated alkanes) is 43. The summed E-state index contributed by atoms with van der Waals surface area (Å²) in [5.41, 5.74) is 0. The van der Waals surface area contributed by atoms with E-state index in [4.69, 9.17) is 4.74 Å². The van der Waals surface area contributed by atoms with Crippen molar-refractivity contribution in [3.05, 3.63) is 0 Å². The van der Waals surface area contributed by atoms with Gasteiger partial charge in [-0.3, -0.25) is 4.79 Å². The van der Waals surface area contributed by atoms with E-state index >= 15 is 0 Å². The maximum absolute atomic E-state index is 13.2. The Hall–Kier alpha value is -0.530. The van der Waals surface area contributed by atoms with Crippen LogP contribution < -0.4 is 0 Å². The van der Waals surface area contributed by atoms with Gasteiger partial charge in [-0.2, -0.15) is 0 Å². The number of rotatable bonds is 50. The van der Waals surface area contributed by atoms with Crippen molar-refractivity contribution in [2.45, 2.75) is 329 Å². The highest BCUT2D eigenvalue weighted by molar-refractivity contribution is 5.72. The molecule has 0 aliphatic heterocycles. The van der Waals surface area contributed by atoms with E-state index in [-0.39, 0.29) is 11.9 Å². The van der Waals surface area contributed by atoms with Gasteiger partial charge in [-0.15, -0.1) is 0 Å². The van der Waals surface area contributed by atoms with Gasteiger partial charge in [-0.1, -0.05) is 310 Å². The van der Waals surface area contributed by atoms with Crippen LogP contribution in [-0.2, 0) is 9.53 Å². The van der Waals surface area contributed by atoms with Crippen molar-refractivity contribution in [2.75, 3.05) is 6.61 Å². The van der Waals surface area contributed by atoms with Gasteiger partial charge < -0.3 is 4.74 Å². The molecule has 0 aliphatic rings. The molecule has 0 spiro atoms. The van der Waals surface area contributed by atoms with Gasteiger partial charge in [0.05, 0.1) is 12.5 Å². The lowest BCUT2D eigenvalue weighted by Gasteiger charge is -2.16. The molecule has 0 bridgehead atoms. The maximum Gasteiger partial charge on any atom is 0.308 e. The first-order chi connectivity index (χ1) is 27.8. The van der Waals surface area contributed by atoms with Crippen molar-refractivity contribution < 1.29 is 9.53 Å². The highest BCUT2D eigenvalue weighted by atomic mass is 16.5. The SMILES string of the molecule is CCCCCCCCCCCCCCCCCCOC(=O)C(CCCCCCCCCCCCCCCC)CCCCCCCCCCCCCCCCCC. The molecule has 0 aliphatic carbocycles. The Morgan fingerprint density at radius 2 is 0.446 bits per heavy atom. The first-order valence-electron chi connectivity index (χ1n) is 26.9. The Labute approximate surface area is 355 Å². The summed E-state index contributed by atoms with van der Waals surface area (Å²) in [6.45, 7) is 7.55. The van der Waals surface area contributed by atoms with Gasteiger partial charge in [0.15, 0.2) is 0 Å². The van der Waals surface area contributed by atoms with E-state index < -0.39 is 0 Å². The third kappa shape index (κ3) is 46.2. The van der Waals surface area contributed by atoms with E-state index in [9.17, 15) is 4.79 Å². The van der Waals surface area contributed by atoms with Crippen LogP contribution in [0, 0.1) is 5.92 Å². The van der Waals surface area contributed by atoms with E-state index in [0.717, 1.165) is 19.3 Å². The lowest BCUT2D eigenvalue weighted by atomic mass is 9.94. The minimum atomic E-state index is 0.126. The van der Waals surface area contributed by atoms with E-state index in [2.05, 4.69) is 20.8 Å². The van der Waals surface area contributed by atoms with E-state index in [1.54, 1.807) is 0 Å². The molecular formula is C54H108O2. The summed E-state index contributed by atoms with van der Waals surface area (Å²) < 4.78 is 5.93. The van der Waals surface area contributed by atoms with E-state index in [1.807, 2.05) is 0 Å². The predicted molar refractivity (Wildman–Crippen MR) is 253 cm³/mol. The fourth-order valence-corrected chi connectivity index (χ4v) is 8.84. The molecule has 0 aromatic carbocycles. The largest absolute Gasteiger partial charge is 0.465 e. The molecule has 0 aromatic heterocycles. The summed E-state index contributed by atoms with van der Waals surface area (Å²) >= 11 is 0. The monoisotopic (exact) mass is 789 g/mol. The highest BCUT2D eigenvalue weighted by Crippen LogP contribution is 2.22. The fraction of sp³-hybridized carbons (Fsp3) is 0.981. The Balaban J connectivity index is 4.06. The van der Waals surface area contributed by atoms with Crippen molar-refractivity contribution in [2.24, 2.45) is 5.92 Å². The summed E-state index contributed by atoms with van der Waals surface area (Å²) in [4.78, 5) is 13.2. The van der Waals surface area contributed by atoms with Crippen LogP contribution in [0.3, 0.4) is 0 Å². The minimum Gasteiger partial charge on any atom is -0.465 e. The molecule has 1 atom stereocenters. The summed E-state index contributed by atoms with van der Waals surface area (Å²) in [5, 5.41) is 0. The minimum absolute atomic E-state index is 0.126. The van der Waals surface area contributed by atoms with Gasteiger partial charge in [0, 0.05) is 0 Å². The average molecular weight is 789 g/mol. The maximum atomic E-state index is 13.2. The lowest BCUT2D eigenvalue weighted by molar-refractivity contribution is -0.149. The number of hydrogen-bond donors (Lipinski definition) is 0. The molecule has 0 N–H and O–H groups in total. The number of ether oxygens (including phenoxy) is 1. The second-order valence-corrected chi connectivity index (χ2v) is 18.6. The van der Waals surface area contributed by atoms with Crippen molar-refractivity contribution >= 4 is 5.97 Å². The second-order valence-electron chi connectivity index (χ2n) is 18.6. The van der Waals surface area contributed by atoms with Crippen LogP contribution in [0.1, 0.15) is 329 Å². The van der Waals surface area contributed by atoms with Crippen molar-refractivity contribution in [3.8, 4) is 0 Å². The molecule has 2 heteroatoms. The number of hydrogen-bond acceptors (Lipinski definition) is 2. The summed E-state index contributed by atoms with van der Waals surface area (Å²) in [6, 6.07) is 0. The van der Waals surface area contributed by atoms with Gasteiger partial charge in [-0.25, -0.2) is 0 Å². The van der Waals surface area contributed by atoms with E-state index in [0.29, 0.717) is 6.61 Å². The highest BCUT2D eigenvalue weighted by Gasteiger charge is 2.19. The lowest BCUT2D eigenvalue weighted by Crippen LogP contribution is -2.18. The van der Waals surface area contributed by atoms with Gasteiger partial charge in [-0.05, 0) is 19.3 Å². The topological polar surface area (TPSA) is 26.3 Å². The fourth-order valence-electron chi connectivity index (χ4n) is 8.84. The molecular weight excluding hydrogens is 681 g/mol. The van der Waals surface area contributed by atoms with Crippen LogP contribution in [0.2, 0.25) is 0 Å². The molecule has 2 nitrogen and oxygen atoms in total. The Bertz CT molecular complexity index is 703. The third-order valence-corrected chi connectivity index (χ3v) is 12.9. The average Bonchev–Trinajstić information content (AvgIpc) is 3.21. The Kier molecular flexibility index (Phi) is 50.1. The van der Waals surface area contributed by atoms with Gasteiger partial charge >= 0.3 is 5.97 Å². The molecule has 0 saturated heterocycles. The first kappa shape index (κ1) is 55.5. The summed E-state index contributed by atoms with van der Waals surface area (Å²) in [6.07, 6.45) is 66.0. The van der Waals surface area contributed by atoms with Crippen molar-refractivity contribution in [3.63, 3.8) is 0 Å². The van der Waals surface area contributed by atoms with E-state index in [1.165, 1.54) is 289 Å². The summed E-state index contributed by atoms with van der Waals surface area (Å²) in [7, 11) is 0. The van der Waals surface area contributed by atoms with Crippen LogP contribution in [0.25, 0.3) is 0 Å². The molecule has 0 saturated carbocycles. The molecule has 56 heavy (non-hydrogen) atoms. The van der Waals surface area contributed by atoms with Crippen LogP contribution >= 0.6 is 0 Å². The molecule has 0 rings (SSSR count). The molecule has 336 valence electrons. The summed E-state index contributed by atoms with van der Waals surface area (Å²) in [5.74, 6) is 0.265. The zero-order chi connectivity index (χ0) is 40.5. The standard InChI is InChI=1S/C54H108O2/c1-4-7-10-13-16-19-22-25-28-30-33-36-39-42-45-48-51-53(50-47-44-41-38-35-32-27-24-21-18-15-12-9-6-3)54(55)56-52-49-46-43-40-37-34-31-29-26-23-20-17-14-11-8-5-2/h53H,4-52H2,1-3H3. The number of esters is 1. The Morgan fingerprint density at radius 1 is 0.268 bits per heavy atom. The molecule has 0 radical (unpaired) electrons. The molecule has 0 aromatic rings. The molecule has 0 amide bonds. The van der Waals surface area contributed by atoms with Crippen LogP contribution in [0.4, 0.5) is 0 Å². The van der Waals surface area contributed by atoms with Crippen LogP contribution in [0.15, 0.2) is 0 Å². The predicted octanol–water partition coefficient (Wildman–Crippen LogP) is 19.9. The molecule has 1 unspecified atom stereocenters. The second kappa shape index (κ2) is 50.6. The third-order valence-electron chi connectivity index (χ3n) is 12.9. The van der Waals surface area contributed by atoms with Crippen LogP contribution in [0.5, 0.6) is 0 Å². The Morgan fingerprint density at radius 3 is 0.661 bits per heavy atom. The van der Waals surface area contributed by atoms with Crippen molar-refractivity contribution in [1.82, 2.24) is 0 Å². The molecule has 0 heterocycles. The zero-order valence-electron chi connectivity index (χ0n) is 39.5. The number of carbonyl (C=O) groups is 1. The van der Waals surface area contributed by atoms with Crippen LogP contribution in [-0.4, -0.2) is 12.6 Å². The quantitative estimate of drug-likeness (QED) is 0.0453. The number of carbonyl (C=O) groups excluding carboxylic acids is 1. The smallest absolute Gasteiger partial charge is 0.308 e. The first-order valence-corrected chi connectivity index (χ1v) is 26.9. The normalized spacial score (nSPS) is 12.1.